The van der Waals surface area contributed by atoms with Crippen LogP contribution in [0.5, 0.6) is 0 Å². The van der Waals surface area contributed by atoms with Crippen LogP contribution in [-0.2, 0) is 0 Å². The first-order chi connectivity index (χ1) is 8.04. The van der Waals surface area contributed by atoms with E-state index in [0.29, 0.717) is 0 Å². The van der Waals surface area contributed by atoms with Gasteiger partial charge in [0.05, 0.1) is 0 Å². The molecule has 0 spiro atoms. The first-order valence-electron chi connectivity index (χ1n) is 5.17. The van der Waals surface area contributed by atoms with Crippen molar-refractivity contribution in [3.8, 4) is 0 Å². The normalized spacial score (nSPS) is 12.1. The third-order valence-electron chi connectivity index (χ3n) is 2.17. The lowest BCUT2D eigenvalue weighted by atomic mass is 10.2. The molecule has 0 aliphatic rings. The third kappa shape index (κ3) is 4.14. The molecule has 1 atom stereocenters. The van der Waals surface area contributed by atoms with Gasteiger partial charge in [-0.3, -0.25) is 4.79 Å². The van der Waals surface area contributed by atoms with Crippen molar-refractivity contribution < 1.29 is 19.1 Å². The molecule has 1 rings (SSSR count). The Balaban J connectivity index is 2.54. The van der Waals surface area contributed by atoms with Gasteiger partial charge < -0.3 is 14.8 Å². The highest BCUT2D eigenvalue weighted by molar-refractivity contribution is 7.98. The molecule has 0 aliphatic heterocycles. The number of thioether (sulfide) groups is 1. The van der Waals surface area contributed by atoms with Crippen LogP contribution in [0.4, 0.5) is 0 Å². The van der Waals surface area contributed by atoms with E-state index in [-0.39, 0.29) is 23.5 Å². The van der Waals surface area contributed by atoms with E-state index < -0.39 is 5.97 Å². The Labute approximate surface area is 104 Å². The Kier molecular flexibility index (Phi) is 5.09. The maximum Gasteiger partial charge on any atom is 0.371 e. The van der Waals surface area contributed by atoms with Gasteiger partial charge in [-0.05, 0) is 37.5 Å². The van der Waals surface area contributed by atoms with Gasteiger partial charge in [-0.2, -0.15) is 11.8 Å². The average Bonchev–Trinajstić information content (AvgIpc) is 2.75. The molecular formula is C11H15NO4S. The minimum Gasteiger partial charge on any atom is -0.475 e. The Hall–Kier alpha value is -1.43. The molecule has 94 valence electrons. The van der Waals surface area contributed by atoms with Crippen molar-refractivity contribution in [1.29, 1.82) is 0 Å². The van der Waals surface area contributed by atoms with Crippen molar-refractivity contribution in [2.45, 2.75) is 19.4 Å². The molecule has 1 aromatic rings. The zero-order valence-corrected chi connectivity index (χ0v) is 10.5. The minimum atomic E-state index is -1.18. The standard InChI is InChI=1S/C11H15NO4S/c1-7(5-6-17-2)12-10(13)8-3-4-9(16-8)11(14)15/h3-4,7H,5-6H2,1-2H3,(H,12,13)(H,14,15). The van der Waals surface area contributed by atoms with Crippen molar-refractivity contribution in [2.75, 3.05) is 12.0 Å². The van der Waals surface area contributed by atoms with Crippen molar-refractivity contribution in [3.05, 3.63) is 23.7 Å². The number of carbonyl (C=O) groups is 2. The predicted molar refractivity (Wildman–Crippen MR) is 65.6 cm³/mol. The maximum absolute atomic E-state index is 11.6. The van der Waals surface area contributed by atoms with Crippen LogP contribution < -0.4 is 5.32 Å². The Morgan fingerprint density at radius 1 is 1.47 bits per heavy atom. The average molecular weight is 257 g/mol. The number of carbonyl (C=O) groups excluding carboxylic acids is 1. The molecular weight excluding hydrogens is 242 g/mol. The zero-order chi connectivity index (χ0) is 12.8. The molecule has 0 saturated carbocycles. The molecule has 0 radical (unpaired) electrons. The summed E-state index contributed by atoms with van der Waals surface area (Å²) in [6.45, 7) is 1.90. The van der Waals surface area contributed by atoms with Crippen LogP contribution in [0, 0.1) is 0 Å². The van der Waals surface area contributed by atoms with Crippen LogP contribution in [0.25, 0.3) is 0 Å². The van der Waals surface area contributed by atoms with E-state index in [4.69, 9.17) is 9.52 Å². The summed E-state index contributed by atoms with van der Waals surface area (Å²) >= 11 is 1.71. The molecule has 1 aromatic heterocycles. The molecule has 0 fully saturated rings. The molecule has 0 bridgehead atoms. The van der Waals surface area contributed by atoms with E-state index in [1.165, 1.54) is 12.1 Å². The number of carboxylic acid groups (broad SMARTS) is 1. The lowest BCUT2D eigenvalue weighted by Crippen LogP contribution is -2.32. The van der Waals surface area contributed by atoms with Crippen LogP contribution in [0.15, 0.2) is 16.5 Å². The summed E-state index contributed by atoms with van der Waals surface area (Å²) in [7, 11) is 0. The monoisotopic (exact) mass is 257 g/mol. The summed E-state index contributed by atoms with van der Waals surface area (Å²) in [5, 5.41) is 11.4. The summed E-state index contributed by atoms with van der Waals surface area (Å²) in [5.74, 6) is -0.809. The third-order valence-corrected chi connectivity index (χ3v) is 2.82. The van der Waals surface area contributed by atoms with E-state index in [2.05, 4.69) is 5.32 Å². The van der Waals surface area contributed by atoms with Gasteiger partial charge >= 0.3 is 5.97 Å². The number of nitrogens with one attached hydrogen (secondary N) is 1. The molecule has 17 heavy (non-hydrogen) atoms. The summed E-state index contributed by atoms with van der Waals surface area (Å²) in [6.07, 6.45) is 2.86. The minimum absolute atomic E-state index is 0.0263. The van der Waals surface area contributed by atoms with Gasteiger partial charge in [0, 0.05) is 6.04 Å². The number of hydrogen-bond acceptors (Lipinski definition) is 4. The van der Waals surface area contributed by atoms with Crippen LogP contribution in [-0.4, -0.2) is 35.0 Å². The first kappa shape index (κ1) is 13.6. The predicted octanol–water partition coefficient (Wildman–Crippen LogP) is 1.85. The highest BCUT2D eigenvalue weighted by atomic mass is 32.2. The fourth-order valence-corrected chi connectivity index (χ4v) is 1.83. The van der Waals surface area contributed by atoms with Gasteiger partial charge in [-0.25, -0.2) is 4.79 Å². The Bertz CT molecular complexity index is 402. The fourth-order valence-electron chi connectivity index (χ4n) is 1.24. The number of aromatic carboxylic acids is 1. The smallest absolute Gasteiger partial charge is 0.371 e. The van der Waals surface area contributed by atoms with E-state index >= 15 is 0 Å². The molecule has 0 aromatic carbocycles. The van der Waals surface area contributed by atoms with Crippen LogP contribution in [0.1, 0.15) is 34.5 Å². The van der Waals surface area contributed by atoms with Crippen LogP contribution >= 0.6 is 11.8 Å². The number of amides is 1. The van der Waals surface area contributed by atoms with Crippen molar-refractivity contribution >= 4 is 23.6 Å². The van der Waals surface area contributed by atoms with Crippen molar-refractivity contribution in [1.82, 2.24) is 5.32 Å². The van der Waals surface area contributed by atoms with Gasteiger partial charge in [0.25, 0.3) is 5.91 Å². The van der Waals surface area contributed by atoms with E-state index in [1.807, 2.05) is 13.2 Å². The Morgan fingerprint density at radius 3 is 2.65 bits per heavy atom. The van der Waals surface area contributed by atoms with Gasteiger partial charge in [0.1, 0.15) is 0 Å². The summed E-state index contributed by atoms with van der Waals surface area (Å²) in [4.78, 5) is 22.2. The molecule has 2 N–H and O–H groups in total. The molecule has 1 heterocycles. The number of furan rings is 1. The maximum atomic E-state index is 11.6. The van der Waals surface area contributed by atoms with Gasteiger partial charge in [0.2, 0.25) is 5.76 Å². The summed E-state index contributed by atoms with van der Waals surface area (Å²) < 4.78 is 4.90. The Morgan fingerprint density at radius 2 is 2.12 bits per heavy atom. The summed E-state index contributed by atoms with van der Waals surface area (Å²) in [6, 6.07) is 2.66. The fraction of sp³-hybridized carbons (Fsp3) is 0.455. The molecule has 1 amide bonds. The number of carboxylic acids is 1. The van der Waals surface area contributed by atoms with Gasteiger partial charge in [0.15, 0.2) is 5.76 Å². The second-order valence-corrected chi connectivity index (χ2v) is 4.61. The van der Waals surface area contributed by atoms with Crippen LogP contribution in [0.3, 0.4) is 0 Å². The van der Waals surface area contributed by atoms with Crippen LogP contribution in [0.2, 0.25) is 0 Å². The lowest BCUT2D eigenvalue weighted by Gasteiger charge is -2.11. The molecule has 1 unspecified atom stereocenters. The molecule has 0 saturated heterocycles. The van der Waals surface area contributed by atoms with Crippen molar-refractivity contribution in [3.63, 3.8) is 0 Å². The summed E-state index contributed by atoms with van der Waals surface area (Å²) in [5.41, 5.74) is 0. The SMILES string of the molecule is CSCCC(C)NC(=O)c1ccc(C(=O)O)o1. The quantitative estimate of drug-likeness (QED) is 0.813. The first-order valence-corrected chi connectivity index (χ1v) is 6.57. The van der Waals surface area contributed by atoms with E-state index in [1.54, 1.807) is 11.8 Å². The molecule has 6 heteroatoms. The topological polar surface area (TPSA) is 79.5 Å². The number of rotatable bonds is 6. The van der Waals surface area contributed by atoms with E-state index in [9.17, 15) is 9.59 Å². The molecule has 5 nitrogen and oxygen atoms in total. The lowest BCUT2D eigenvalue weighted by molar-refractivity contribution is 0.0659. The highest BCUT2D eigenvalue weighted by Gasteiger charge is 2.16. The number of hydrogen-bond donors (Lipinski definition) is 2. The second-order valence-electron chi connectivity index (χ2n) is 3.63. The zero-order valence-electron chi connectivity index (χ0n) is 9.73. The largest absolute Gasteiger partial charge is 0.475 e. The molecule has 0 aliphatic carbocycles. The second kappa shape index (κ2) is 6.34. The van der Waals surface area contributed by atoms with Gasteiger partial charge in [-0.1, -0.05) is 0 Å². The van der Waals surface area contributed by atoms with Crippen molar-refractivity contribution in [2.24, 2.45) is 0 Å². The van der Waals surface area contributed by atoms with E-state index in [0.717, 1.165) is 12.2 Å². The van der Waals surface area contributed by atoms with Gasteiger partial charge in [-0.15, -0.1) is 0 Å². The highest BCUT2D eigenvalue weighted by Crippen LogP contribution is 2.08.